The first kappa shape index (κ1) is 6.99. The highest BCUT2D eigenvalue weighted by Crippen LogP contribution is 2.63. The lowest BCUT2D eigenvalue weighted by atomic mass is 10.1. The van der Waals surface area contributed by atoms with Crippen molar-refractivity contribution in [2.24, 2.45) is 5.41 Å². The van der Waals surface area contributed by atoms with Crippen LogP contribution >= 0.6 is 15.9 Å². The number of halogens is 2. The third kappa shape index (κ3) is 0.764. The molecule has 1 aliphatic carbocycles. The van der Waals surface area contributed by atoms with Crippen LogP contribution in [0, 0.1) is 5.41 Å². The van der Waals surface area contributed by atoms with Gasteiger partial charge in [-0.2, -0.15) is 0 Å². The molecule has 0 spiro atoms. The van der Waals surface area contributed by atoms with Gasteiger partial charge in [0.25, 0.3) is 0 Å². The molecule has 1 N–H and O–H groups in total. The largest absolute Gasteiger partial charge is 0.481 e. The minimum absolute atomic E-state index is 0.0648. The summed E-state index contributed by atoms with van der Waals surface area (Å²) in [6.45, 7) is 1.38. The lowest BCUT2D eigenvalue weighted by Crippen LogP contribution is -2.17. The van der Waals surface area contributed by atoms with Crippen LogP contribution in [0.4, 0.5) is 4.39 Å². The topological polar surface area (TPSA) is 37.3 Å². The van der Waals surface area contributed by atoms with Crippen molar-refractivity contribution in [3.8, 4) is 0 Å². The molecule has 0 amide bonds. The Morgan fingerprint density at radius 3 is 2.22 bits per heavy atom. The number of carboxylic acid groups (broad SMARTS) is 1. The molecule has 2 nitrogen and oxygen atoms in total. The van der Waals surface area contributed by atoms with E-state index in [2.05, 4.69) is 15.9 Å². The van der Waals surface area contributed by atoms with Crippen molar-refractivity contribution >= 4 is 21.9 Å². The molecule has 1 rings (SSSR count). The average molecular weight is 197 g/mol. The van der Waals surface area contributed by atoms with Gasteiger partial charge in [0.1, 0.15) is 5.41 Å². The number of carboxylic acids is 1. The summed E-state index contributed by atoms with van der Waals surface area (Å²) in [7, 11) is 0. The molecule has 0 aromatic carbocycles. The lowest BCUT2D eigenvalue weighted by Gasteiger charge is -2.01. The molecule has 0 aromatic heterocycles. The molecule has 0 aromatic rings. The van der Waals surface area contributed by atoms with Crippen molar-refractivity contribution in [2.45, 2.75) is 17.9 Å². The Morgan fingerprint density at radius 2 is 2.22 bits per heavy atom. The van der Waals surface area contributed by atoms with Crippen LogP contribution in [-0.4, -0.2) is 15.7 Å². The van der Waals surface area contributed by atoms with Crippen LogP contribution in [-0.2, 0) is 4.79 Å². The number of alkyl halides is 2. The van der Waals surface area contributed by atoms with Gasteiger partial charge in [0.15, 0.2) is 4.58 Å². The highest BCUT2D eigenvalue weighted by Gasteiger charge is 2.70. The van der Waals surface area contributed by atoms with Gasteiger partial charge in [-0.25, -0.2) is 4.39 Å². The first-order valence-electron chi connectivity index (χ1n) is 2.51. The highest BCUT2D eigenvalue weighted by atomic mass is 79.9. The van der Waals surface area contributed by atoms with E-state index in [1.54, 1.807) is 0 Å². The fourth-order valence-electron chi connectivity index (χ4n) is 0.632. The summed E-state index contributed by atoms with van der Waals surface area (Å²) in [4.78, 5) is 10.2. The van der Waals surface area contributed by atoms with Gasteiger partial charge < -0.3 is 5.11 Å². The number of hydrogen-bond donors (Lipinski definition) is 1. The summed E-state index contributed by atoms with van der Waals surface area (Å²) < 4.78 is 11.0. The van der Waals surface area contributed by atoms with Crippen molar-refractivity contribution in [2.75, 3.05) is 0 Å². The second kappa shape index (κ2) is 1.48. The molecule has 0 radical (unpaired) electrons. The third-order valence-corrected chi connectivity index (χ3v) is 2.89. The van der Waals surface area contributed by atoms with Gasteiger partial charge in [0.05, 0.1) is 0 Å². The van der Waals surface area contributed by atoms with Crippen molar-refractivity contribution in [1.29, 1.82) is 0 Å². The molecule has 0 bridgehead atoms. The first-order chi connectivity index (χ1) is 3.90. The van der Waals surface area contributed by atoms with Crippen molar-refractivity contribution < 1.29 is 14.3 Å². The van der Waals surface area contributed by atoms with E-state index < -0.39 is 16.0 Å². The first-order valence-corrected chi connectivity index (χ1v) is 3.31. The Labute approximate surface area is 60.2 Å². The second-order valence-electron chi connectivity index (χ2n) is 2.52. The summed E-state index contributed by atoms with van der Waals surface area (Å²) in [5.74, 6) is -1.08. The molecule has 0 saturated heterocycles. The van der Waals surface area contributed by atoms with Crippen molar-refractivity contribution in [3.63, 3.8) is 0 Å². The maximum absolute atomic E-state index is 12.6. The molecule has 1 fully saturated rings. The van der Waals surface area contributed by atoms with E-state index in [0.29, 0.717) is 0 Å². The van der Waals surface area contributed by atoms with Crippen LogP contribution in [0.5, 0.6) is 0 Å². The quantitative estimate of drug-likeness (QED) is 0.647. The molecule has 2 unspecified atom stereocenters. The molecule has 52 valence electrons. The van der Waals surface area contributed by atoms with Crippen LogP contribution in [0.1, 0.15) is 13.3 Å². The van der Waals surface area contributed by atoms with Gasteiger partial charge in [0.2, 0.25) is 0 Å². The van der Waals surface area contributed by atoms with Gasteiger partial charge >= 0.3 is 5.97 Å². The molecule has 1 aliphatic rings. The Morgan fingerprint density at radius 1 is 1.89 bits per heavy atom. The monoisotopic (exact) mass is 196 g/mol. The normalized spacial score (nSPS) is 48.8. The molecule has 4 heteroatoms. The molecular formula is C5H6BrFO2. The van der Waals surface area contributed by atoms with Crippen LogP contribution in [0.15, 0.2) is 0 Å². The van der Waals surface area contributed by atoms with Crippen LogP contribution in [0.3, 0.4) is 0 Å². The molecule has 0 heterocycles. The van der Waals surface area contributed by atoms with E-state index in [1.165, 1.54) is 6.92 Å². The number of hydrogen-bond acceptors (Lipinski definition) is 1. The van der Waals surface area contributed by atoms with E-state index in [1.807, 2.05) is 0 Å². The van der Waals surface area contributed by atoms with E-state index in [4.69, 9.17) is 5.11 Å². The minimum atomic E-state index is -1.66. The van der Waals surface area contributed by atoms with E-state index in [0.717, 1.165) is 0 Å². The summed E-state index contributed by atoms with van der Waals surface area (Å²) in [6.07, 6.45) is 0.0648. The summed E-state index contributed by atoms with van der Waals surface area (Å²) >= 11 is 2.66. The lowest BCUT2D eigenvalue weighted by molar-refractivity contribution is -0.143. The van der Waals surface area contributed by atoms with Crippen LogP contribution in [0.2, 0.25) is 0 Å². The maximum atomic E-state index is 12.6. The molecular weight excluding hydrogens is 191 g/mol. The fourth-order valence-corrected chi connectivity index (χ4v) is 1.36. The van der Waals surface area contributed by atoms with Gasteiger partial charge in [-0.05, 0) is 22.9 Å². The molecule has 2 atom stereocenters. The van der Waals surface area contributed by atoms with E-state index >= 15 is 0 Å². The van der Waals surface area contributed by atoms with E-state index in [-0.39, 0.29) is 6.42 Å². The van der Waals surface area contributed by atoms with Gasteiger partial charge in [-0.3, -0.25) is 4.79 Å². The molecule has 0 aliphatic heterocycles. The van der Waals surface area contributed by atoms with Crippen LogP contribution < -0.4 is 0 Å². The molecule has 9 heavy (non-hydrogen) atoms. The predicted octanol–water partition coefficient (Wildman–Crippen LogP) is 1.54. The zero-order valence-electron chi connectivity index (χ0n) is 4.82. The molecule has 1 saturated carbocycles. The Balaban J connectivity index is 2.74. The Bertz CT molecular complexity index is 168. The van der Waals surface area contributed by atoms with Gasteiger partial charge in [-0.1, -0.05) is 0 Å². The summed E-state index contributed by atoms with van der Waals surface area (Å²) in [6, 6.07) is 0. The highest BCUT2D eigenvalue weighted by molar-refractivity contribution is 9.10. The van der Waals surface area contributed by atoms with Gasteiger partial charge in [-0.15, -0.1) is 0 Å². The Kier molecular flexibility index (Phi) is 1.15. The van der Waals surface area contributed by atoms with E-state index in [9.17, 15) is 9.18 Å². The van der Waals surface area contributed by atoms with Crippen molar-refractivity contribution in [1.82, 2.24) is 0 Å². The predicted molar refractivity (Wildman–Crippen MR) is 33.1 cm³/mol. The zero-order valence-corrected chi connectivity index (χ0v) is 6.40. The standard InChI is InChI=1S/C5H6BrFO2/c1-4(3(8)9)2-5(4,6)7/h2H2,1H3,(H,8,9). The SMILES string of the molecule is CC1(C(=O)O)CC1(F)Br. The number of carbonyl (C=O) groups is 1. The fraction of sp³-hybridized carbons (Fsp3) is 0.800. The third-order valence-electron chi connectivity index (χ3n) is 1.73. The van der Waals surface area contributed by atoms with Crippen molar-refractivity contribution in [3.05, 3.63) is 0 Å². The average Bonchev–Trinajstić information content (AvgIpc) is 2.08. The summed E-state index contributed by atoms with van der Waals surface area (Å²) in [5, 5.41) is 8.38. The second-order valence-corrected chi connectivity index (χ2v) is 3.78. The number of rotatable bonds is 1. The zero-order chi connectivity index (χ0) is 7.28. The number of aliphatic carboxylic acids is 1. The minimum Gasteiger partial charge on any atom is -0.481 e. The Hall–Kier alpha value is -0.120. The smallest absolute Gasteiger partial charge is 0.313 e. The summed E-state index contributed by atoms with van der Waals surface area (Å²) in [5.41, 5.74) is -1.19. The van der Waals surface area contributed by atoms with Gasteiger partial charge in [0, 0.05) is 6.42 Å². The van der Waals surface area contributed by atoms with Crippen LogP contribution in [0.25, 0.3) is 0 Å². The maximum Gasteiger partial charge on any atom is 0.313 e.